The molecule has 1 heterocycles. The van der Waals surface area contributed by atoms with E-state index in [-0.39, 0.29) is 36.0 Å². The highest BCUT2D eigenvalue weighted by atomic mass is 32.2. The summed E-state index contributed by atoms with van der Waals surface area (Å²) >= 11 is 0. The first kappa shape index (κ1) is 29.6. The highest BCUT2D eigenvalue weighted by molar-refractivity contribution is 7.90. The lowest BCUT2D eigenvalue weighted by Gasteiger charge is -2.20. The van der Waals surface area contributed by atoms with E-state index in [2.05, 4.69) is 0 Å². The summed E-state index contributed by atoms with van der Waals surface area (Å²) in [6.45, 7) is 2.70. The molecule has 0 saturated carbocycles. The van der Waals surface area contributed by atoms with E-state index in [0.29, 0.717) is 54.4 Å². The van der Waals surface area contributed by atoms with E-state index in [1.165, 1.54) is 0 Å². The standard InChI is InChI=1S/C27H37NO9S/c1-6-12-36-27-24(35-13-8-7-11-28-29)16-19(17-25(27)38(5,30)31)21-10-9-20(37-21)18-14-22(32-2)26(34-4)23(15-18)33-3/h7-8,14-17,20-21,28-29H,6,9-13H2,1-5H3/b8-7+. The molecule has 0 bridgehead atoms. The number of hydroxylamine groups is 1. The molecule has 1 aliphatic heterocycles. The Kier molecular flexibility index (Phi) is 10.7. The number of sulfone groups is 1. The third-order valence-corrected chi connectivity index (χ3v) is 7.16. The second-order valence-corrected chi connectivity index (χ2v) is 10.7. The summed E-state index contributed by atoms with van der Waals surface area (Å²) in [6.07, 6.45) is 6.01. The van der Waals surface area contributed by atoms with Crippen LogP contribution in [0.2, 0.25) is 0 Å². The van der Waals surface area contributed by atoms with Crippen LogP contribution >= 0.6 is 0 Å². The van der Waals surface area contributed by atoms with Crippen molar-refractivity contribution < 1.29 is 42.0 Å². The Morgan fingerprint density at radius 2 is 1.53 bits per heavy atom. The van der Waals surface area contributed by atoms with Gasteiger partial charge in [-0.15, -0.1) is 0 Å². The van der Waals surface area contributed by atoms with Gasteiger partial charge in [-0.05, 0) is 54.7 Å². The van der Waals surface area contributed by atoms with E-state index >= 15 is 0 Å². The van der Waals surface area contributed by atoms with Crippen LogP contribution in [0, 0.1) is 0 Å². The molecule has 0 aliphatic carbocycles. The van der Waals surface area contributed by atoms with Crippen LogP contribution in [0.25, 0.3) is 0 Å². The average Bonchev–Trinajstić information content (AvgIpc) is 3.40. The van der Waals surface area contributed by atoms with Gasteiger partial charge in [-0.25, -0.2) is 13.9 Å². The monoisotopic (exact) mass is 551 g/mol. The molecule has 11 heteroatoms. The molecule has 1 aliphatic rings. The quantitative estimate of drug-likeness (QED) is 0.258. The van der Waals surface area contributed by atoms with Crippen molar-refractivity contribution in [2.75, 3.05) is 47.3 Å². The Balaban J connectivity index is 1.96. The molecule has 2 N–H and O–H groups in total. The van der Waals surface area contributed by atoms with Crippen LogP contribution in [0.3, 0.4) is 0 Å². The minimum atomic E-state index is -3.64. The third kappa shape index (κ3) is 7.10. The molecular weight excluding hydrogens is 514 g/mol. The van der Waals surface area contributed by atoms with Gasteiger partial charge in [-0.1, -0.05) is 19.1 Å². The summed E-state index contributed by atoms with van der Waals surface area (Å²) in [7, 11) is 1.03. The summed E-state index contributed by atoms with van der Waals surface area (Å²) < 4.78 is 60.1. The smallest absolute Gasteiger partial charge is 0.203 e. The van der Waals surface area contributed by atoms with Crippen molar-refractivity contribution in [3.05, 3.63) is 47.5 Å². The van der Waals surface area contributed by atoms with Crippen molar-refractivity contribution in [1.82, 2.24) is 5.48 Å². The van der Waals surface area contributed by atoms with Crippen molar-refractivity contribution in [2.24, 2.45) is 0 Å². The number of methoxy groups -OCH3 is 3. The predicted octanol–water partition coefficient (Wildman–Crippen LogP) is 4.41. The van der Waals surface area contributed by atoms with Gasteiger partial charge in [0.25, 0.3) is 0 Å². The van der Waals surface area contributed by atoms with E-state index in [1.807, 2.05) is 24.5 Å². The van der Waals surface area contributed by atoms with Gasteiger partial charge in [0.15, 0.2) is 32.8 Å². The zero-order valence-corrected chi connectivity index (χ0v) is 23.3. The number of benzene rings is 2. The lowest BCUT2D eigenvalue weighted by molar-refractivity contribution is 0.0435. The summed E-state index contributed by atoms with van der Waals surface area (Å²) in [4.78, 5) is 0.0549. The topological polar surface area (TPSA) is 122 Å². The largest absolute Gasteiger partial charge is 0.493 e. The Hall–Kier alpha value is -2.99. The molecule has 1 fully saturated rings. The molecule has 2 unspecified atom stereocenters. The molecular formula is C27H37NO9S. The van der Waals surface area contributed by atoms with E-state index in [9.17, 15) is 8.42 Å². The van der Waals surface area contributed by atoms with E-state index in [1.54, 1.807) is 45.6 Å². The maximum atomic E-state index is 12.8. The molecule has 38 heavy (non-hydrogen) atoms. The van der Waals surface area contributed by atoms with Gasteiger partial charge < -0.3 is 33.6 Å². The van der Waals surface area contributed by atoms with Gasteiger partial charge in [0.05, 0.1) is 40.1 Å². The Morgan fingerprint density at radius 3 is 2.05 bits per heavy atom. The van der Waals surface area contributed by atoms with Crippen LogP contribution in [0.1, 0.15) is 49.5 Å². The minimum absolute atomic E-state index is 0.0549. The molecule has 0 spiro atoms. The SMILES string of the molecule is CCCOc1c(OC/C=C/CNO)cc(C2CCC(c3cc(OC)c(OC)c(OC)c3)O2)cc1S(C)(=O)=O. The van der Waals surface area contributed by atoms with Gasteiger partial charge >= 0.3 is 0 Å². The minimum Gasteiger partial charge on any atom is -0.493 e. The summed E-state index contributed by atoms with van der Waals surface area (Å²) in [5.74, 6) is 2.07. The first-order chi connectivity index (χ1) is 18.3. The number of ether oxygens (including phenoxy) is 6. The maximum Gasteiger partial charge on any atom is 0.203 e. The van der Waals surface area contributed by atoms with Crippen molar-refractivity contribution in [2.45, 2.75) is 43.3 Å². The van der Waals surface area contributed by atoms with Crippen molar-refractivity contribution in [3.8, 4) is 28.7 Å². The van der Waals surface area contributed by atoms with Crippen molar-refractivity contribution in [3.63, 3.8) is 0 Å². The average molecular weight is 552 g/mol. The molecule has 2 atom stereocenters. The van der Waals surface area contributed by atoms with E-state index < -0.39 is 9.84 Å². The molecule has 0 aromatic heterocycles. The molecule has 0 radical (unpaired) electrons. The summed E-state index contributed by atoms with van der Waals surface area (Å²) in [5, 5.41) is 8.73. The lowest BCUT2D eigenvalue weighted by Crippen LogP contribution is -2.10. The molecule has 1 saturated heterocycles. The van der Waals surface area contributed by atoms with Gasteiger partial charge in [0.2, 0.25) is 5.75 Å². The zero-order chi connectivity index (χ0) is 27.7. The van der Waals surface area contributed by atoms with Gasteiger partial charge in [-0.2, -0.15) is 0 Å². The van der Waals surface area contributed by atoms with E-state index in [4.69, 9.17) is 33.6 Å². The summed E-state index contributed by atoms with van der Waals surface area (Å²) in [6, 6.07) is 7.11. The fraction of sp³-hybridized carbons (Fsp3) is 0.481. The second-order valence-electron chi connectivity index (χ2n) is 8.76. The Morgan fingerprint density at radius 1 is 0.921 bits per heavy atom. The van der Waals surface area contributed by atoms with Crippen molar-refractivity contribution >= 4 is 9.84 Å². The molecule has 210 valence electrons. The Labute approximate surface area is 224 Å². The summed E-state index contributed by atoms with van der Waals surface area (Å²) in [5.41, 5.74) is 3.58. The normalized spacial score (nSPS) is 17.5. The first-order valence-corrected chi connectivity index (χ1v) is 14.3. The Bertz CT molecular complexity index is 1190. The van der Waals surface area contributed by atoms with Crippen LogP contribution in [0.4, 0.5) is 0 Å². The fourth-order valence-corrected chi connectivity index (χ4v) is 5.12. The van der Waals surface area contributed by atoms with Gasteiger partial charge in [-0.3, -0.25) is 0 Å². The van der Waals surface area contributed by atoms with Crippen LogP contribution in [-0.2, 0) is 14.6 Å². The molecule has 2 aromatic rings. The second kappa shape index (κ2) is 13.7. The fourth-order valence-electron chi connectivity index (χ4n) is 4.27. The van der Waals surface area contributed by atoms with Gasteiger partial charge in [0, 0.05) is 12.8 Å². The van der Waals surface area contributed by atoms with Crippen LogP contribution in [-0.4, -0.2) is 61.0 Å². The van der Waals surface area contributed by atoms with Crippen LogP contribution < -0.4 is 29.2 Å². The van der Waals surface area contributed by atoms with Crippen molar-refractivity contribution in [1.29, 1.82) is 0 Å². The molecule has 2 aromatic carbocycles. The number of nitrogens with one attached hydrogen (secondary N) is 1. The first-order valence-electron chi connectivity index (χ1n) is 12.4. The van der Waals surface area contributed by atoms with Crippen LogP contribution in [0.15, 0.2) is 41.3 Å². The molecule has 10 nitrogen and oxygen atoms in total. The number of rotatable bonds is 14. The lowest BCUT2D eigenvalue weighted by atomic mass is 10.0. The van der Waals surface area contributed by atoms with E-state index in [0.717, 1.165) is 11.8 Å². The number of hydrogen-bond donors (Lipinski definition) is 2. The van der Waals surface area contributed by atoms with Gasteiger partial charge in [0.1, 0.15) is 11.5 Å². The third-order valence-electron chi connectivity index (χ3n) is 6.05. The molecule has 3 rings (SSSR count). The predicted molar refractivity (Wildman–Crippen MR) is 142 cm³/mol. The highest BCUT2D eigenvalue weighted by Crippen LogP contribution is 2.48. The maximum absolute atomic E-state index is 12.8. The number of hydrogen-bond acceptors (Lipinski definition) is 10. The van der Waals surface area contributed by atoms with Crippen LogP contribution in [0.5, 0.6) is 28.7 Å². The molecule has 0 amide bonds. The highest BCUT2D eigenvalue weighted by Gasteiger charge is 2.32. The zero-order valence-electron chi connectivity index (χ0n) is 22.5.